The van der Waals surface area contributed by atoms with Crippen LogP contribution >= 0.6 is 7.60 Å². The average Bonchev–Trinajstić information content (AvgIpc) is 2.10. The van der Waals surface area contributed by atoms with Gasteiger partial charge in [-0.15, -0.1) is 0 Å². The Kier molecular flexibility index (Phi) is 3.17. The van der Waals surface area contributed by atoms with Gasteiger partial charge in [-0.3, -0.25) is 9.36 Å². The molecule has 0 spiro atoms. The van der Waals surface area contributed by atoms with Gasteiger partial charge in [0.1, 0.15) is 10.9 Å². The molecule has 1 rings (SSSR count). The van der Waals surface area contributed by atoms with E-state index in [1.54, 1.807) is 13.8 Å². The van der Waals surface area contributed by atoms with E-state index in [0.29, 0.717) is 13.2 Å². The second kappa shape index (κ2) is 3.69. The maximum atomic E-state index is 12.3. The van der Waals surface area contributed by atoms with Crippen molar-refractivity contribution in [2.24, 2.45) is 5.41 Å². The van der Waals surface area contributed by atoms with Crippen molar-refractivity contribution in [3.63, 3.8) is 0 Å². The zero-order valence-electron chi connectivity index (χ0n) is 9.99. The van der Waals surface area contributed by atoms with Gasteiger partial charge in [-0.2, -0.15) is 0 Å². The first kappa shape index (κ1) is 12.9. The van der Waals surface area contributed by atoms with Gasteiger partial charge in [-0.25, -0.2) is 0 Å². The standard InChI is InChI=1S/C10H19O4P/c1-8(11)10(4,5)15(12)13-6-9(2,3)7-14-15/h6-7H2,1-5H3. The van der Waals surface area contributed by atoms with Crippen LogP contribution in [0.4, 0.5) is 0 Å². The molecule has 1 heterocycles. The third-order valence-electron chi connectivity index (χ3n) is 2.80. The van der Waals surface area contributed by atoms with E-state index in [1.165, 1.54) is 6.92 Å². The average molecular weight is 234 g/mol. The first-order chi connectivity index (χ1) is 6.61. The summed E-state index contributed by atoms with van der Waals surface area (Å²) in [6, 6.07) is 0. The Hall–Kier alpha value is -0.180. The van der Waals surface area contributed by atoms with E-state index in [-0.39, 0.29) is 11.2 Å². The third kappa shape index (κ3) is 2.32. The zero-order chi connectivity index (χ0) is 11.9. The summed E-state index contributed by atoms with van der Waals surface area (Å²) >= 11 is 0. The summed E-state index contributed by atoms with van der Waals surface area (Å²) < 4.78 is 23.0. The fraction of sp³-hybridized carbons (Fsp3) is 0.900. The van der Waals surface area contributed by atoms with E-state index >= 15 is 0 Å². The molecule has 0 atom stereocenters. The molecule has 0 bridgehead atoms. The van der Waals surface area contributed by atoms with Crippen molar-refractivity contribution in [2.45, 2.75) is 39.8 Å². The molecule has 88 valence electrons. The molecule has 0 aliphatic carbocycles. The van der Waals surface area contributed by atoms with Crippen LogP contribution in [0.2, 0.25) is 0 Å². The number of rotatable bonds is 2. The van der Waals surface area contributed by atoms with Gasteiger partial charge in [0.15, 0.2) is 0 Å². The van der Waals surface area contributed by atoms with Crippen LogP contribution in [0.1, 0.15) is 34.6 Å². The minimum absolute atomic E-state index is 0.138. The summed E-state index contributed by atoms with van der Waals surface area (Å²) in [7, 11) is -3.30. The van der Waals surface area contributed by atoms with E-state index in [0.717, 1.165) is 0 Å². The normalized spacial score (nSPS) is 24.9. The molecule has 15 heavy (non-hydrogen) atoms. The summed E-state index contributed by atoms with van der Waals surface area (Å²) in [5, 5.41) is -1.05. The van der Waals surface area contributed by atoms with Crippen molar-refractivity contribution in [1.29, 1.82) is 0 Å². The Morgan fingerprint density at radius 2 is 1.67 bits per heavy atom. The predicted molar refractivity (Wildman–Crippen MR) is 58.1 cm³/mol. The summed E-state index contributed by atoms with van der Waals surface area (Å²) in [5.74, 6) is -0.175. The molecule has 0 aromatic heterocycles. The van der Waals surface area contributed by atoms with Crippen LogP contribution in [0.5, 0.6) is 0 Å². The molecule has 0 amide bonds. The maximum absolute atomic E-state index is 12.3. The predicted octanol–water partition coefficient (Wildman–Crippen LogP) is 2.62. The maximum Gasteiger partial charge on any atom is 0.343 e. The lowest BCUT2D eigenvalue weighted by atomic mass is 9.97. The second-order valence-corrected chi connectivity index (χ2v) is 7.95. The molecular weight excluding hydrogens is 215 g/mol. The van der Waals surface area contributed by atoms with Crippen molar-refractivity contribution < 1.29 is 18.4 Å². The molecule has 4 nitrogen and oxygen atoms in total. The first-order valence-electron chi connectivity index (χ1n) is 5.01. The summed E-state index contributed by atoms with van der Waals surface area (Å²) in [6.45, 7) is 9.28. The van der Waals surface area contributed by atoms with Crippen LogP contribution in [0.25, 0.3) is 0 Å². The number of Topliss-reactive ketones (excluding diaryl/α,β-unsaturated/α-hetero) is 1. The topological polar surface area (TPSA) is 52.6 Å². The van der Waals surface area contributed by atoms with Gasteiger partial charge in [0.25, 0.3) is 0 Å². The highest BCUT2D eigenvalue weighted by Crippen LogP contribution is 2.63. The van der Waals surface area contributed by atoms with Gasteiger partial charge in [0.2, 0.25) is 0 Å². The highest BCUT2D eigenvalue weighted by Gasteiger charge is 2.51. The molecule has 0 radical (unpaired) electrons. The van der Waals surface area contributed by atoms with Gasteiger partial charge >= 0.3 is 7.60 Å². The van der Waals surface area contributed by atoms with Crippen LogP contribution in [0.15, 0.2) is 0 Å². The Morgan fingerprint density at radius 1 is 1.27 bits per heavy atom. The third-order valence-corrected chi connectivity index (χ3v) is 5.42. The SMILES string of the molecule is CC(=O)C(C)(C)P1(=O)OCC(C)(C)CO1. The van der Waals surface area contributed by atoms with Gasteiger partial charge in [-0.05, 0) is 20.8 Å². The second-order valence-electron chi connectivity index (χ2n) is 5.32. The molecule has 0 aromatic rings. The van der Waals surface area contributed by atoms with Crippen LogP contribution in [0, 0.1) is 5.41 Å². The minimum Gasteiger partial charge on any atom is -0.307 e. The van der Waals surface area contributed by atoms with Crippen LogP contribution in [-0.2, 0) is 18.4 Å². The van der Waals surface area contributed by atoms with Gasteiger partial charge in [0, 0.05) is 5.41 Å². The Bertz CT molecular complexity index is 305. The highest BCUT2D eigenvalue weighted by molar-refractivity contribution is 7.56. The fourth-order valence-electron chi connectivity index (χ4n) is 1.11. The van der Waals surface area contributed by atoms with Crippen molar-refractivity contribution >= 4 is 13.4 Å². The Labute approximate surface area is 90.9 Å². The molecule has 1 saturated heterocycles. The van der Waals surface area contributed by atoms with Crippen molar-refractivity contribution in [3.8, 4) is 0 Å². The fourth-order valence-corrected chi connectivity index (χ4v) is 3.26. The highest BCUT2D eigenvalue weighted by atomic mass is 31.2. The first-order valence-corrected chi connectivity index (χ1v) is 6.55. The minimum atomic E-state index is -3.30. The summed E-state index contributed by atoms with van der Waals surface area (Å²) in [5.41, 5.74) is -0.138. The van der Waals surface area contributed by atoms with E-state index in [2.05, 4.69) is 0 Å². The van der Waals surface area contributed by atoms with Crippen LogP contribution < -0.4 is 0 Å². The molecule has 1 aliphatic rings. The van der Waals surface area contributed by atoms with Crippen LogP contribution in [-0.4, -0.2) is 24.2 Å². The molecule has 0 unspecified atom stereocenters. The quantitative estimate of drug-likeness (QED) is 0.689. The molecule has 0 N–H and O–H groups in total. The lowest BCUT2D eigenvalue weighted by Gasteiger charge is -2.39. The molecular formula is C10H19O4P. The lowest BCUT2D eigenvalue weighted by Crippen LogP contribution is -2.38. The van der Waals surface area contributed by atoms with Crippen molar-refractivity contribution in [1.82, 2.24) is 0 Å². The largest absolute Gasteiger partial charge is 0.343 e. The molecule has 1 aliphatic heterocycles. The number of hydrogen-bond donors (Lipinski definition) is 0. The van der Waals surface area contributed by atoms with Gasteiger partial charge in [-0.1, -0.05) is 13.8 Å². The van der Waals surface area contributed by atoms with Gasteiger partial charge in [0.05, 0.1) is 13.2 Å². The monoisotopic (exact) mass is 234 g/mol. The Balaban J connectivity index is 2.88. The summed E-state index contributed by atoms with van der Waals surface area (Å²) in [4.78, 5) is 11.4. The Morgan fingerprint density at radius 3 is 2.00 bits per heavy atom. The van der Waals surface area contributed by atoms with Gasteiger partial charge < -0.3 is 9.05 Å². The zero-order valence-corrected chi connectivity index (χ0v) is 10.9. The van der Waals surface area contributed by atoms with E-state index in [4.69, 9.17) is 9.05 Å². The number of ketones is 1. The number of hydrogen-bond acceptors (Lipinski definition) is 4. The van der Waals surface area contributed by atoms with Crippen LogP contribution in [0.3, 0.4) is 0 Å². The van der Waals surface area contributed by atoms with E-state index in [9.17, 15) is 9.36 Å². The number of carbonyl (C=O) groups is 1. The number of carbonyl (C=O) groups excluding carboxylic acids is 1. The van der Waals surface area contributed by atoms with Crippen molar-refractivity contribution in [3.05, 3.63) is 0 Å². The van der Waals surface area contributed by atoms with E-state index < -0.39 is 12.8 Å². The lowest BCUT2D eigenvalue weighted by molar-refractivity contribution is -0.119. The molecule has 5 heteroatoms. The molecule has 0 aromatic carbocycles. The van der Waals surface area contributed by atoms with Crippen molar-refractivity contribution in [2.75, 3.05) is 13.2 Å². The van der Waals surface area contributed by atoms with E-state index in [1.807, 2.05) is 13.8 Å². The summed E-state index contributed by atoms with van der Waals surface area (Å²) in [6.07, 6.45) is 0. The smallest absolute Gasteiger partial charge is 0.307 e. The molecule has 0 saturated carbocycles. The molecule has 1 fully saturated rings.